The summed E-state index contributed by atoms with van der Waals surface area (Å²) in [5.41, 5.74) is -4.61. The number of ether oxygens (including phenoxy) is 1. The quantitative estimate of drug-likeness (QED) is 0.272. The van der Waals surface area contributed by atoms with Gasteiger partial charge in [0.05, 0.1) is 0 Å². The van der Waals surface area contributed by atoms with Crippen LogP contribution in [0.5, 0.6) is 5.88 Å². The lowest BCUT2D eigenvalue weighted by Crippen LogP contribution is -2.55. The number of hydrogen-bond acceptors (Lipinski definition) is 4. The molecule has 4 nitrogen and oxygen atoms in total. The summed E-state index contributed by atoms with van der Waals surface area (Å²) < 4.78 is 116. The fourth-order valence-electron chi connectivity index (χ4n) is 2.80. The number of aromatic nitrogens is 2. The second kappa shape index (κ2) is 11.2. The summed E-state index contributed by atoms with van der Waals surface area (Å²) in [6, 6.07) is 2.04. The van der Waals surface area contributed by atoms with Gasteiger partial charge in [-0.3, -0.25) is 0 Å². The second-order valence-corrected chi connectivity index (χ2v) is 9.53. The van der Waals surface area contributed by atoms with Crippen molar-refractivity contribution in [3.8, 4) is 5.88 Å². The van der Waals surface area contributed by atoms with Crippen molar-refractivity contribution in [2.75, 3.05) is 0 Å². The highest BCUT2D eigenvalue weighted by atomic mass is 79.9. The Morgan fingerprint density at radius 1 is 0.771 bits per heavy atom. The van der Waals surface area contributed by atoms with Crippen molar-refractivity contribution in [2.45, 2.75) is 62.1 Å². The topological polar surface area (TPSA) is 55.2 Å². The summed E-state index contributed by atoms with van der Waals surface area (Å²) >= 11 is 5.89. The average Bonchev–Trinajstić information content (AvgIpc) is 2.66. The number of hydrogen-bond donors (Lipinski definition) is 1. The van der Waals surface area contributed by atoms with Crippen LogP contribution < -0.4 is 4.74 Å². The summed E-state index contributed by atoms with van der Waals surface area (Å²) in [6.45, 7) is 0. The van der Waals surface area contributed by atoms with E-state index in [-0.39, 0.29) is 25.7 Å². The smallest absolute Gasteiger partial charge is 0.428 e. The first kappa shape index (κ1) is 29.6. The van der Waals surface area contributed by atoms with Crippen molar-refractivity contribution >= 4 is 31.9 Å². The van der Waals surface area contributed by atoms with Crippen molar-refractivity contribution in [2.24, 2.45) is 0 Å². The fourth-order valence-corrected chi connectivity index (χ4v) is 3.40. The third-order valence-electron chi connectivity index (χ3n) is 5.22. The maximum atomic E-state index is 13.3. The van der Waals surface area contributed by atoms with E-state index in [2.05, 4.69) is 41.8 Å². The van der Waals surface area contributed by atoms with Crippen molar-refractivity contribution in [1.82, 2.24) is 9.97 Å². The van der Waals surface area contributed by atoms with Gasteiger partial charge in [-0.1, -0.05) is 0 Å². The van der Waals surface area contributed by atoms with Crippen molar-refractivity contribution < 1.29 is 49.4 Å². The highest BCUT2D eigenvalue weighted by Crippen LogP contribution is 2.48. The summed E-state index contributed by atoms with van der Waals surface area (Å²) in [5, 5.41) is 8.62. The van der Waals surface area contributed by atoms with Crippen molar-refractivity contribution in [3.63, 3.8) is 0 Å². The highest BCUT2D eigenvalue weighted by Gasteiger charge is 2.61. The van der Waals surface area contributed by atoms with E-state index in [1.807, 2.05) is 0 Å². The minimum absolute atomic E-state index is 0.128. The Morgan fingerprint density at radius 3 is 1.54 bits per heavy atom. The molecule has 2 fully saturated rings. The van der Waals surface area contributed by atoms with Crippen LogP contribution in [0.3, 0.4) is 0 Å². The first-order chi connectivity index (χ1) is 16.0. The molecular weight excluding hydrogens is 631 g/mol. The molecular formula is C20H17Br2F9N2O2. The van der Waals surface area contributed by atoms with Gasteiger partial charge in [0, 0.05) is 21.3 Å². The molecule has 0 aliphatic heterocycles. The summed E-state index contributed by atoms with van der Waals surface area (Å²) in [4.78, 5) is 6.60. The highest BCUT2D eigenvalue weighted by molar-refractivity contribution is 9.10. The number of rotatable bonds is 2. The summed E-state index contributed by atoms with van der Waals surface area (Å²) in [5.74, 6) is -3.53. The molecule has 0 aromatic carbocycles. The summed E-state index contributed by atoms with van der Waals surface area (Å²) in [7, 11) is 0. The normalized spacial score (nSPS) is 18.1. The first-order valence-electron chi connectivity index (χ1n) is 9.82. The Bertz CT molecular complexity index is 1010. The molecule has 0 bridgehead atoms. The lowest BCUT2D eigenvalue weighted by Gasteiger charge is -2.42. The van der Waals surface area contributed by atoms with Crippen LogP contribution in [-0.2, 0) is 0 Å². The molecule has 15 heteroatoms. The van der Waals surface area contributed by atoms with Gasteiger partial charge < -0.3 is 9.84 Å². The van der Waals surface area contributed by atoms with Crippen LogP contribution in [0, 0.1) is 17.6 Å². The molecule has 2 aromatic rings. The van der Waals surface area contributed by atoms with E-state index in [4.69, 9.17) is 9.84 Å². The average molecular weight is 648 g/mol. The Morgan fingerprint density at radius 2 is 1.26 bits per heavy atom. The lowest BCUT2D eigenvalue weighted by molar-refractivity contribution is -0.286. The molecule has 0 amide bonds. The molecule has 196 valence electrons. The molecule has 1 N–H and O–H groups in total. The Balaban J connectivity index is 0.000000203. The Kier molecular flexibility index (Phi) is 9.48. The molecule has 2 aliphatic rings. The molecule has 0 saturated heterocycles. The van der Waals surface area contributed by atoms with E-state index in [1.54, 1.807) is 0 Å². The zero-order valence-electron chi connectivity index (χ0n) is 17.5. The molecule has 4 rings (SSSR count). The van der Waals surface area contributed by atoms with E-state index in [0.717, 1.165) is 12.1 Å². The van der Waals surface area contributed by atoms with Gasteiger partial charge in [-0.2, -0.15) is 30.7 Å². The van der Waals surface area contributed by atoms with Gasteiger partial charge in [-0.15, -0.1) is 0 Å². The van der Waals surface area contributed by atoms with Gasteiger partial charge in [0.2, 0.25) is 11.5 Å². The van der Waals surface area contributed by atoms with Crippen LogP contribution >= 0.6 is 31.9 Å². The maximum absolute atomic E-state index is 13.3. The molecule has 0 atom stereocenters. The zero-order chi connectivity index (χ0) is 26.7. The number of nitrogens with zero attached hydrogens (tertiary/aromatic N) is 2. The SMILES string of the molecule is Fc1cc(Br)cnc1F.Fc1cc(Br)cnc1OC1(C(F)(F)F)CCC1.OC1(C(F)(F)F)CCC1. The van der Waals surface area contributed by atoms with Crippen LogP contribution in [0.2, 0.25) is 0 Å². The van der Waals surface area contributed by atoms with Crippen molar-refractivity contribution in [1.29, 1.82) is 0 Å². The molecule has 2 aromatic heterocycles. The van der Waals surface area contributed by atoms with E-state index in [9.17, 15) is 39.5 Å². The van der Waals surface area contributed by atoms with E-state index < -0.39 is 47.0 Å². The predicted octanol–water partition coefficient (Wildman–Crippen LogP) is 7.43. The summed E-state index contributed by atoms with van der Waals surface area (Å²) in [6.07, 6.45) is -6.21. The molecule has 2 aliphatic carbocycles. The van der Waals surface area contributed by atoms with Crippen LogP contribution in [0.25, 0.3) is 0 Å². The van der Waals surface area contributed by atoms with Crippen LogP contribution in [-0.4, -0.2) is 38.6 Å². The van der Waals surface area contributed by atoms with E-state index >= 15 is 0 Å². The third kappa shape index (κ3) is 7.44. The first-order valence-corrected chi connectivity index (χ1v) is 11.4. The van der Waals surface area contributed by atoms with Crippen molar-refractivity contribution in [3.05, 3.63) is 51.1 Å². The fraction of sp³-hybridized carbons (Fsp3) is 0.500. The number of alkyl halides is 6. The monoisotopic (exact) mass is 646 g/mol. The number of halogens is 11. The lowest BCUT2D eigenvalue weighted by atomic mass is 9.79. The van der Waals surface area contributed by atoms with Gasteiger partial charge in [-0.05, 0) is 82.5 Å². The molecule has 2 saturated carbocycles. The Labute approximate surface area is 210 Å². The minimum Gasteiger partial charge on any atom is -0.459 e. The van der Waals surface area contributed by atoms with Crippen LogP contribution in [0.1, 0.15) is 38.5 Å². The minimum atomic E-state index is -4.51. The van der Waals surface area contributed by atoms with Gasteiger partial charge in [-0.25, -0.2) is 18.7 Å². The van der Waals surface area contributed by atoms with Crippen LogP contribution in [0.15, 0.2) is 33.5 Å². The van der Waals surface area contributed by atoms with E-state index in [1.165, 1.54) is 12.4 Å². The number of aliphatic hydroxyl groups is 1. The molecule has 0 spiro atoms. The van der Waals surface area contributed by atoms with Gasteiger partial charge in [0.1, 0.15) is 0 Å². The maximum Gasteiger partial charge on any atom is 0.428 e. The second-order valence-electron chi connectivity index (χ2n) is 7.70. The molecule has 0 unspecified atom stereocenters. The Hall–Kier alpha value is -1.61. The number of pyridine rings is 2. The molecule has 2 heterocycles. The van der Waals surface area contributed by atoms with Gasteiger partial charge in [0.15, 0.2) is 17.2 Å². The third-order valence-corrected chi connectivity index (χ3v) is 6.08. The van der Waals surface area contributed by atoms with Crippen LogP contribution in [0.4, 0.5) is 39.5 Å². The standard InChI is InChI=1S/C10H8BrF4NO.C5H2BrF2N.C5H7F3O/c11-6-4-7(12)8(16-5-6)17-9(2-1-3-9)10(13,14)15;6-3-1-4(7)5(8)9-2-3;6-5(7,8)4(9)2-1-3-4/h4-5H,1-3H2;1-2H;9H,1-3H2. The van der Waals surface area contributed by atoms with Gasteiger partial charge >= 0.3 is 12.4 Å². The molecule has 0 radical (unpaired) electrons. The van der Waals surface area contributed by atoms with E-state index in [0.29, 0.717) is 21.8 Å². The predicted molar refractivity (Wildman–Crippen MR) is 112 cm³/mol. The largest absolute Gasteiger partial charge is 0.459 e. The molecule has 35 heavy (non-hydrogen) atoms. The zero-order valence-corrected chi connectivity index (χ0v) is 20.6. The van der Waals surface area contributed by atoms with Gasteiger partial charge in [0.25, 0.3) is 5.88 Å².